The standard InChI is InChI=1S/C21H16N2OS/c1-24-16-10-7-11-17(14-16)25-21-18-12-5-6-13-19(18)22-20(23-21)15-8-3-2-4-9-15/h2-14H,1H3. The highest BCUT2D eigenvalue weighted by Gasteiger charge is 2.11. The van der Waals surface area contributed by atoms with Crippen molar-refractivity contribution in [3.63, 3.8) is 0 Å². The average molecular weight is 344 g/mol. The van der Waals surface area contributed by atoms with Gasteiger partial charge >= 0.3 is 0 Å². The molecular weight excluding hydrogens is 328 g/mol. The van der Waals surface area contributed by atoms with Gasteiger partial charge in [-0.25, -0.2) is 9.97 Å². The Morgan fingerprint density at radius 2 is 1.60 bits per heavy atom. The van der Waals surface area contributed by atoms with Crippen LogP contribution in [-0.4, -0.2) is 17.1 Å². The SMILES string of the molecule is COc1cccc(Sc2nc(-c3ccccc3)nc3ccccc23)c1. The number of para-hydroxylation sites is 1. The number of fused-ring (bicyclic) bond motifs is 1. The molecule has 3 aromatic carbocycles. The van der Waals surface area contributed by atoms with E-state index in [9.17, 15) is 0 Å². The minimum atomic E-state index is 0.740. The van der Waals surface area contributed by atoms with Crippen LogP contribution in [0.4, 0.5) is 0 Å². The molecule has 1 aromatic heterocycles. The second-order valence-electron chi connectivity index (χ2n) is 5.52. The normalized spacial score (nSPS) is 10.8. The fourth-order valence-electron chi connectivity index (χ4n) is 2.62. The third kappa shape index (κ3) is 3.35. The topological polar surface area (TPSA) is 35.0 Å². The van der Waals surface area contributed by atoms with E-state index in [2.05, 4.69) is 12.1 Å². The molecule has 4 aromatic rings. The van der Waals surface area contributed by atoms with Crippen molar-refractivity contribution in [2.24, 2.45) is 0 Å². The van der Waals surface area contributed by atoms with E-state index in [1.54, 1.807) is 18.9 Å². The van der Waals surface area contributed by atoms with Crippen molar-refractivity contribution in [2.75, 3.05) is 7.11 Å². The molecule has 4 heteroatoms. The number of rotatable bonds is 4. The number of ether oxygens (including phenoxy) is 1. The van der Waals surface area contributed by atoms with Crippen LogP contribution in [-0.2, 0) is 0 Å². The first-order chi connectivity index (χ1) is 12.3. The quantitative estimate of drug-likeness (QED) is 0.461. The van der Waals surface area contributed by atoms with E-state index >= 15 is 0 Å². The van der Waals surface area contributed by atoms with E-state index in [4.69, 9.17) is 14.7 Å². The summed E-state index contributed by atoms with van der Waals surface area (Å²) < 4.78 is 5.33. The van der Waals surface area contributed by atoms with Crippen molar-refractivity contribution in [1.29, 1.82) is 0 Å². The van der Waals surface area contributed by atoms with Gasteiger partial charge in [0.15, 0.2) is 5.82 Å². The Morgan fingerprint density at radius 1 is 0.800 bits per heavy atom. The van der Waals surface area contributed by atoms with Crippen molar-refractivity contribution in [2.45, 2.75) is 9.92 Å². The first-order valence-corrected chi connectivity index (χ1v) is 8.79. The number of hydrogen-bond donors (Lipinski definition) is 0. The Hall–Kier alpha value is -2.85. The first kappa shape index (κ1) is 15.7. The minimum absolute atomic E-state index is 0.740. The van der Waals surface area contributed by atoms with E-state index in [-0.39, 0.29) is 0 Å². The number of nitrogens with zero attached hydrogens (tertiary/aromatic N) is 2. The molecule has 0 bridgehead atoms. The second kappa shape index (κ2) is 6.95. The highest BCUT2D eigenvalue weighted by Crippen LogP contribution is 2.34. The number of aromatic nitrogens is 2. The molecule has 0 aliphatic carbocycles. The van der Waals surface area contributed by atoms with Gasteiger partial charge in [0.05, 0.1) is 12.6 Å². The summed E-state index contributed by atoms with van der Waals surface area (Å²) in [6, 6.07) is 26.2. The first-order valence-electron chi connectivity index (χ1n) is 7.97. The van der Waals surface area contributed by atoms with Crippen LogP contribution < -0.4 is 4.74 Å². The fraction of sp³-hybridized carbons (Fsp3) is 0.0476. The van der Waals surface area contributed by atoms with Crippen LogP contribution in [0.3, 0.4) is 0 Å². The highest BCUT2D eigenvalue weighted by atomic mass is 32.2. The summed E-state index contributed by atoms with van der Waals surface area (Å²) in [4.78, 5) is 10.7. The van der Waals surface area contributed by atoms with Gasteiger partial charge in [-0.3, -0.25) is 0 Å². The van der Waals surface area contributed by atoms with E-state index in [0.29, 0.717) is 0 Å². The predicted octanol–water partition coefficient (Wildman–Crippen LogP) is 5.46. The second-order valence-corrected chi connectivity index (χ2v) is 6.58. The highest BCUT2D eigenvalue weighted by molar-refractivity contribution is 7.99. The number of methoxy groups -OCH3 is 1. The van der Waals surface area contributed by atoms with Gasteiger partial charge in [-0.05, 0) is 24.3 Å². The molecule has 0 aliphatic heterocycles. The predicted molar refractivity (Wildman–Crippen MR) is 102 cm³/mol. The van der Waals surface area contributed by atoms with Gasteiger partial charge in [0.1, 0.15) is 10.8 Å². The molecule has 0 amide bonds. The molecule has 122 valence electrons. The summed E-state index contributed by atoms with van der Waals surface area (Å²) in [7, 11) is 1.68. The number of hydrogen-bond acceptors (Lipinski definition) is 4. The van der Waals surface area contributed by atoms with Gasteiger partial charge in [-0.2, -0.15) is 0 Å². The summed E-state index contributed by atoms with van der Waals surface area (Å²) >= 11 is 1.62. The van der Waals surface area contributed by atoms with Gasteiger partial charge in [0.2, 0.25) is 0 Å². The summed E-state index contributed by atoms with van der Waals surface area (Å²) in [6.45, 7) is 0. The Labute approximate surface area is 150 Å². The largest absolute Gasteiger partial charge is 0.497 e. The molecule has 0 fully saturated rings. The van der Waals surface area contributed by atoms with Crippen LogP contribution in [0.1, 0.15) is 0 Å². The van der Waals surface area contributed by atoms with E-state index in [0.717, 1.165) is 38.0 Å². The number of benzene rings is 3. The van der Waals surface area contributed by atoms with Crippen molar-refractivity contribution in [1.82, 2.24) is 9.97 Å². The molecule has 4 rings (SSSR count). The summed E-state index contributed by atoms with van der Waals surface area (Å²) in [5, 5.41) is 1.99. The van der Waals surface area contributed by atoms with Crippen LogP contribution in [0.2, 0.25) is 0 Å². The van der Waals surface area contributed by atoms with Crippen LogP contribution in [0.15, 0.2) is 88.8 Å². The van der Waals surface area contributed by atoms with Crippen molar-refractivity contribution < 1.29 is 4.74 Å². The van der Waals surface area contributed by atoms with E-state index in [1.165, 1.54) is 0 Å². The average Bonchev–Trinajstić information content (AvgIpc) is 2.69. The smallest absolute Gasteiger partial charge is 0.161 e. The minimum Gasteiger partial charge on any atom is -0.497 e. The zero-order valence-electron chi connectivity index (χ0n) is 13.7. The molecule has 0 N–H and O–H groups in total. The summed E-state index contributed by atoms with van der Waals surface area (Å²) in [5.41, 5.74) is 1.96. The van der Waals surface area contributed by atoms with Crippen molar-refractivity contribution in [3.8, 4) is 17.1 Å². The molecule has 0 atom stereocenters. The lowest BCUT2D eigenvalue weighted by Crippen LogP contribution is -1.93. The third-order valence-corrected chi connectivity index (χ3v) is 4.85. The Bertz CT molecular complexity index is 1020. The lowest BCUT2D eigenvalue weighted by atomic mass is 10.2. The monoisotopic (exact) mass is 344 g/mol. The van der Waals surface area contributed by atoms with Crippen LogP contribution in [0.5, 0.6) is 5.75 Å². The Kier molecular flexibility index (Phi) is 4.36. The van der Waals surface area contributed by atoms with Crippen molar-refractivity contribution >= 4 is 22.7 Å². The lowest BCUT2D eigenvalue weighted by Gasteiger charge is -2.09. The van der Waals surface area contributed by atoms with Crippen LogP contribution in [0, 0.1) is 0 Å². The van der Waals surface area contributed by atoms with Gasteiger partial charge in [-0.15, -0.1) is 0 Å². The molecular formula is C21H16N2OS. The molecule has 0 radical (unpaired) electrons. The third-order valence-electron chi connectivity index (χ3n) is 3.86. The zero-order valence-corrected chi connectivity index (χ0v) is 14.5. The molecule has 25 heavy (non-hydrogen) atoms. The molecule has 0 spiro atoms. The molecule has 0 aliphatic rings. The van der Waals surface area contributed by atoms with Gasteiger partial charge < -0.3 is 4.74 Å². The van der Waals surface area contributed by atoms with Gasteiger partial charge in [0.25, 0.3) is 0 Å². The van der Waals surface area contributed by atoms with E-state index < -0.39 is 0 Å². The fourth-order valence-corrected chi connectivity index (χ4v) is 3.58. The van der Waals surface area contributed by atoms with Crippen molar-refractivity contribution in [3.05, 3.63) is 78.9 Å². The maximum atomic E-state index is 5.33. The van der Waals surface area contributed by atoms with Gasteiger partial charge in [-0.1, -0.05) is 66.4 Å². The molecule has 0 saturated heterocycles. The molecule has 0 saturated carbocycles. The lowest BCUT2D eigenvalue weighted by molar-refractivity contribution is 0.413. The summed E-state index contributed by atoms with van der Waals surface area (Å²) in [6.07, 6.45) is 0. The maximum absolute atomic E-state index is 5.33. The molecule has 1 heterocycles. The van der Waals surface area contributed by atoms with Gasteiger partial charge in [0, 0.05) is 15.8 Å². The molecule has 0 unspecified atom stereocenters. The zero-order chi connectivity index (χ0) is 17.1. The summed E-state index contributed by atoms with van der Waals surface area (Å²) in [5.74, 6) is 1.58. The Morgan fingerprint density at radius 3 is 2.44 bits per heavy atom. The van der Waals surface area contributed by atoms with Crippen LogP contribution >= 0.6 is 11.8 Å². The maximum Gasteiger partial charge on any atom is 0.161 e. The molecule has 3 nitrogen and oxygen atoms in total. The Balaban J connectivity index is 1.83. The van der Waals surface area contributed by atoms with E-state index in [1.807, 2.05) is 66.7 Å². The van der Waals surface area contributed by atoms with Crippen LogP contribution in [0.25, 0.3) is 22.3 Å².